The maximum Gasteiger partial charge on any atom is 0.266 e. The molecule has 2 aliphatic rings. The van der Waals surface area contributed by atoms with E-state index < -0.39 is 0 Å². The van der Waals surface area contributed by atoms with Crippen LogP contribution >= 0.6 is 0 Å². The molecule has 7 nitrogen and oxygen atoms in total. The van der Waals surface area contributed by atoms with Gasteiger partial charge in [0.05, 0.1) is 49.9 Å². The highest BCUT2D eigenvalue weighted by Gasteiger charge is 2.38. The average molecular weight is 368 g/mol. The summed E-state index contributed by atoms with van der Waals surface area (Å²) < 4.78 is 16.5. The molecule has 2 heterocycles. The van der Waals surface area contributed by atoms with Crippen molar-refractivity contribution in [2.75, 3.05) is 50.3 Å². The number of nitrogens with zero attached hydrogens (tertiary/aromatic N) is 2. The number of hydrogen-bond acceptors (Lipinski definition) is 6. The fraction of sp³-hybridized carbons (Fsp3) is 0.300. The van der Waals surface area contributed by atoms with Gasteiger partial charge >= 0.3 is 0 Å². The van der Waals surface area contributed by atoms with E-state index in [4.69, 9.17) is 14.2 Å². The highest BCUT2D eigenvalue weighted by molar-refractivity contribution is 6.34. The molecule has 27 heavy (non-hydrogen) atoms. The molecule has 2 aromatic rings. The second-order valence-corrected chi connectivity index (χ2v) is 6.29. The largest absolute Gasteiger partial charge is 0.494 e. The molecule has 0 unspecified atom stereocenters. The van der Waals surface area contributed by atoms with Crippen LogP contribution in [-0.2, 0) is 4.74 Å². The van der Waals surface area contributed by atoms with Crippen LogP contribution < -0.4 is 19.3 Å². The van der Waals surface area contributed by atoms with Crippen LogP contribution in [0.4, 0.5) is 11.4 Å². The smallest absolute Gasteiger partial charge is 0.266 e. The topological polar surface area (TPSA) is 68.3 Å². The molecule has 2 amide bonds. The van der Waals surface area contributed by atoms with Crippen molar-refractivity contribution in [2.45, 2.75) is 0 Å². The van der Waals surface area contributed by atoms with E-state index in [1.807, 2.05) is 6.07 Å². The number of carbonyl (C=O) groups excluding carboxylic acids is 2. The van der Waals surface area contributed by atoms with E-state index in [-0.39, 0.29) is 11.8 Å². The summed E-state index contributed by atoms with van der Waals surface area (Å²) in [6.07, 6.45) is 0. The fourth-order valence-electron chi connectivity index (χ4n) is 3.50. The lowest BCUT2D eigenvalue weighted by atomic mass is 10.1. The Morgan fingerprint density at radius 2 is 1.37 bits per heavy atom. The lowest BCUT2D eigenvalue weighted by molar-refractivity contribution is 0.0925. The van der Waals surface area contributed by atoms with Crippen molar-refractivity contribution in [2.24, 2.45) is 0 Å². The summed E-state index contributed by atoms with van der Waals surface area (Å²) in [5.41, 5.74) is 2.00. The molecule has 0 aliphatic carbocycles. The Balaban J connectivity index is 1.80. The second-order valence-electron chi connectivity index (χ2n) is 6.29. The number of methoxy groups -OCH3 is 2. The normalized spacial score (nSPS) is 16.5. The zero-order valence-electron chi connectivity index (χ0n) is 15.2. The number of anilines is 2. The van der Waals surface area contributed by atoms with E-state index >= 15 is 0 Å². The Hall–Kier alpha value is -3.06. The van der Waals surface area contributed by atoms with Crippen molar-refractivity contribution >= 4 is 23.2 Å². The van der Waals surface area contributed by atoms with Gasteiger partial charge in [-0.1, -0.05) is 12.1 Å². The molecule has 1 fully saturated rings. The van der Waals surface area contributed by atoms with Gasteiger partial charge in [0, 0.05) is 25.2 Å². The standard InChI is InChI=1S/C20H20N2O5/c1-25-17-12-16(18(26-2)11-15(17)21-7-9-27-10-8-21)22-19(23)13-5-3-4-6-14(13)20(22)24/h3-6,11-12H,7-10H2,1-2H3. The van der Waals surface area contributed by atoms with E-state index in [1.165, 1.54) is 7.11 Å². The maximum atomic E-state index is 12.8. The molecule has 0 N–H and O–H groups in total. The summed E-state index contributed by atoms with van der Waals surface area (Å²) in [5, 5.41) is 0. The first kappa shape index (κ1) is 17.4. The SMILES string of the molecule is COc1cc(N2C(=O)c3ccccc3C2=O)c(OC)cc1N1CCOCC1. The Labute approximate surface area is 157 Å². The fourth-order valence-corrected chi connectivity index (χ4v) is 3.50. The van der Waals surface area contributed by atoms with Crippen molar-refractivity contribution in [3.63, 3.8) is 0 Å². The molecule has 0 atom stereocenters. The van der Waals surface area contributed by atoms with Crippen LogP contribution in [0.15, 0.2) is 36.4 Å². The van der Waals surface area contributed by atoms with Gasteiger partial charge in [0.15, 0.2) is 0 Å². The number of imide groups is 1. The van der Waals surface area contributed by atoms with Crippen molar-refractivity contribution in [3.8, 4) is 11.5 Å². The lowest BCUT2D eigenvalue weighted by Gasteiger charge is -2.31. The molecule has 2 aliphatic heterocycles. The molecule has 7 heteroatoms. The third-order valence-electron chi connectivity index (χ3n) is 4.87. The van der Waals surface area contributed by atoms with Gasteiger partial charge in [-0.15, -0.1) is 0 Å². The molecule has 0 saturated carbocycles. The zero-order valence-corrected chi connectivity index (χ0v) is 15.2. The number of carbonyl (C=O) groups is 2. The molecule has 4 rings (SSSR count). The van der Waals surface area contributed by atoms with Gasteiger partial charge in [-0.3, -0.25) is 9.59 Å². The molecule has 0 bridgehead atoms. The number of rotatable bonds is 4. The number of benzene rings is 2. The van der Waals surface area contributed by atoms with Crippen LogP contribution in [-0.4, -0.2) is 52.3 Å². The molecule has 0 spiro atoms. The van der Waals surface area contributed by atoms with E-state index in [1.54, 1.807) is 37.4 Å². The number of hydrogen-bond donors (Lipinski definition) is 0. The van der Waals surface area contributed by atoms with Gasteiger partial charge in [0.25, 0.3) is 11.8 Å². The van der Waals surface area contributed by atoms with E-state index in [0.717, 1.165) is 23.7 Å². The van der Waals surface area contributed by atoms with Gasteiger partial charge in [-0.05, 0) is 12.1 Å². The third-order valence-corrected chi connectivity index (χ3v) is 4.87. The minimum absolute atomic E-state index is 0.366. The zero-order chi connectivity index (χ0) is 19.0. The molecule has 0 aromatic heterocycles. The summed E-state index contributed by atoms with van der Waals surface area (Å²) in [6.45, 7) is 2.72. The van der Waals surface area contributed by atoms with Crippen molar-refractivity contribution in [3.05, 3.63) is 47.5 Å². The number of ether oxygens (including phenoxy) is 3. The van der Waals surface area contributed by atoms with Gasteiger partial charge in [-0.25, -0.2) is 4.90 Å². The predicted octanol–water partition coefficient (Wildman–Crippen LogP) is 2.34. The predicted molar refractivity (Wildman–Crippen MR) is 100 cm³/mol. The second kappa shape index (κ2) is 6.92. The van der Waals surface area contributed by atoms with E-state index in [0.29, 0.717) is 41.5 Å². The Bertz CT molecular complexity index is 870. The highest BCUT2D eigenvalue weighted by Crippen LogP contribution is 2.42. The van der Waals surface area contributed by atoms with Gasteiger partial charge in [-0.2, -0.15) is 0 Å². The van der Waals surface area contributed by atoms with Crippen molar-refractivity contribution in [1.82, 2.24) is 0 Å². The first-order chi connectivity index (χ1) is 13.2. The minimum atomic E-state index is -0.366. The molecule has 0 radical (unpaired) electrons. The summed E-state index contributed by atoms with van der Waals surface area (Å²) in [6, 6.07) is 10.3. The van der Waals surface area contributed by atoms with E-state index in [9.17, 15) is 9.59 Å². The monoisotopic (exact) mass is 368 g/mol. The first-order valence-corrected chi connectivity index (χ1v) is 8.72. The van der Waals surface area contributed by atoms with Crippen LogP contribution in [0.3, 0.4) is 0 Å². The van der Waals surface area contributed by atoms with Crippen LogP contribution in [0.25, 0.3) is 0 Å². The van der Waals surface area contributed by atoms with Crippen LogP contribution in [0, 0.1) is 0 Å². The van der Waals surface area contributed by atoms with Crippen LogP contribution in [0.2, 0.25) is 0 Å². The van der Waals surface area contributed by atoms with Crippen LogP contribution in [0.1, 0.15) is 20.7 Å². The Kier molecular flexibility index (Phi) is 4.45. The van der Waals surface area contributed by atoms with Gasteiger partial charge < -0.3 is 19.1 Å². The summed E-state index contributed by atoms with van der Waals surface area (Å²) in [5.74, 6) is 0.279. The lowest BCUT2D eigenvalue weighted by Crippen LogP contribution is -2.36. The molecule has 140 valence electrons. The first-order valence-electron chi connectivity index (χ1n) is 8.72. The molecular formula is C20H20N2O5. The summed E-state index contributed by atoms with van der Waals surface area (Å²) >= 11 is 0. The Morgan fingerprint density at radius 1 is 0.852 bits per heavy atom. The number of fused-ring (bicyclic) bond motifs is 1. The molecule has 1 saturated heterocycles. The maximum absolute atomic E-state index is 12.8. The number of morpholine rings is 1. The quantitative estimate of drug-likeness (QED) is 0.772. The minimum Gasteiger partial charge on any atom is -0.494 e. The highest BCUT2D eigenvalue weighted by atomic mass is 16.5. The average Bonchev–Trinajstić information content (AvgIpc) is 2.98. The third kappa shape index (κ3) is 2.80. The Morgan fingerprint density at radius 3 is 1.93 bits per heavy atom. The van der Waals surface area contributed by atoms with Gasteiger partial charge in [0.2, 0.25) is 0 Å². The molecule has 2 aromatic carbocycles. The van der Waals surface area contributed by atoms with Crippen molar-refractivity contribution in [1.29, 1.82) is 0 Å². The summed E-state index contributed by atoms with van der Waals surface area (Å²) in [4.78, 5) is 29.0. The van der Waals surface area contributed by atoms with Crippen molar-refractivity contribution < 1.29 is 23.8 Å². The van der Waals surface area contributed by atoms with Gasteiger partial charge in [0.1, 0.15) is 11.5 Å². The number of amides is 2. The van der Waals surface area contributed by atoms with Crippen LogP contribution in [0.5, 0.6) is 11.5 Å². The van der Waals surface area contributed by atoms with E-state index in [2.05, 4.69) is 4.90 Å². The summed E-state index contributed by atoms with van der Waals surface area (Å²) in [7, 11) is 3.09. The molecular weight excluding hydrogens is 348 g/mol.